The van der Waals surface area contributed by atoms with E-state index in [2.05, 4.69) is 9.05 Å². The Morgan fingerprint density at radius 2 is 1.16 bits per heavy atom. The molecule has 0 unspecified atom stereocenters. The molecule has 2 aromatic rings. The summed E-state index contributed by atoms with van der Waals surface area (Å²) >= 11 is 0. The molecule has 0 fully saturated rings. The van der Waals surface area contributed by atoms with E-state index in [0.717, 1.165) is 12.1 Å². The average molecular weight is 657 g/mol. The highest BCUT2D eigenvalue weighted by Gasteiger charge is 2.59. The number of methoxy groups -OCH3 is 2. The highest BCUT2D eigenvalue weighted by Crippen LogP contribution is 2.63. The van der Waals surface area contributed by atoms with E-state index in [-0.39, 0.29) is 30.9 Å². The van der Waals surface area contributed by atoms with Gasteiger partial charge in [0, 0.05) is 34.8 Å². The lowest BCUT2D eigenvalue weighted by Gasteiger charge is -2.30. The van der Waals surface area contributed by atoms with Crippen LogP contribution in [0.3, 0.4) is 0 Å². The van der Waals surface area contributed by atoms with E-state index in [1.807, 2.05) is 0 Å². The van der Waals surface area contributed by atoms with Crippen LogP contribution in [0.5, 0.6) is 11.5 Å². The molecule has 0 saturated carbocycles. The molecule has 7 nitrogen and oxygen atoms in total. The van der Waals surface area contributed by atoms with E-state index in [9.17, 15) is 40.5 Å². The predicted molar refractivity (Wildman–Crippen MR) is 153 cm³/mol. The van der Waals surface area contributed by atoms with E-state index in [0.29, 0.717) is 11.3 Å². The maximum absolute atomic E-state index is 14.6. The third-order valence-corrected chi connectivity index (χ3v) is 8.65. The first kappa shape index (κ1) is 39.1. The first-order valence-corrected chi connectivity index (χ1v) is 15.1. The number of carbonyl (C=O) groups excluding carboxylic acids is 2. The van der Waals surface area contributed by atoms with Gasteiger partial charge in [-0.1, -0.05) is 27.7 Å². The van der Waals surface area contributed by atoms with Gasteiger partial charge in [-0.2, -0.15) is 8.78 Å². The molecular formula is C30H39F6O7P. The molecule has 0 radical (unpaired) electrons. The van der Waals surface area contributed by atoms with Gasteiger partial charge in [0.15, 0.2) is 5.78 Å². The number of ether oxygens (including phenoxy) is 2. The predicted octanol–water partition coefficient (Wildman–Crippen LogP) is 8.27. The minimum Gasteiger partial charge on any atom is -0.496 e. The molecule has 0 saturated heterocycles. The molecule has 248 valence electrons. The summed E-state index contributed by atoms with van der Waals surface area (Å²) in [6.07, 6.45) is -4.10. The quantitative estimate of drug-likeness (QED) is 0.141. The van der Waals surface area contributed by atoms with Crippen LogP contribution in [-0.2, 0) is 34.0 Å². The van der Waals surface area contributed by atoms with Crippen molar-refractivity contribution in [2.45, 2.75) is 77.3 Å². The zero-order valence-electron chi connectivity index (χ0n) is 25.9. The van der Waals surface area contributed by atoms with Crippen molar-refractivity contribution < 1.29 is 59.0 Å². The summed E-state index contributed by atoms with van der Waals surface area (Å²) in [5.74, 6) is -3.23. The molecule has 0 heterocycles. The Kier molecular flexibility index (Phi) is 14.1. The second-order valence-electron chi connectivity index (χ2n) is 10.9. The number of rotatable bonds is 15. The summed E-state index contributed by atoms with van der Waals surface area (Å²) in [5.41, 5.74) is -5.81. The fraction of sp³-hybridized carbons (Fsp3) is 0.533. The van der Waals surface area contributed by atoms with Crippen molar-refractivity contribution in [2.24, 2.45) is 0 Å². The van der Waals surface area contributed by atoms with Gasteiger partial charge in [0.1, 0.15) is 23.1 Å². The van der Waals surface area contributed by atoms with Gasteiger partial charge in [0.25, 0.3) is 6.43 Å². The van der Waals surface area contributed by atoms with Gasteiger partial charge in [-0.25, -0.2) is 17.6 Å². The number of carbonyl (C=O) groups is 2. The minimum absolute atomic E-state index is 0.242. The lowest BCUT2D eigenvalue weighted by molar-refractivity contribution is -0.136. The van der Waals surface area contributed by atoms with E-state index in [1.54, 1.807) is 13.8 Å². The molecule has 0 bridgehead atoms. The monoisotopic (exact) mass is 656 g/mol. The maximum Gasteiger partial charge on any atom is 0.407 e. The van der Waals surface area contributed by atoms with E-state index in [1.165, 1.54) is 66.2 Å². The zero-order valence-corrected chi connectivity index (χ0v) is 26.8. The van der Waals surface area contributed by atoms with E-state index < -0.39 is 60.1 Å². The van der Waals surface area contributed by atoms with Crippen molar-refractivity contribution in [1.29, 1.82) is 0 Å². The Balaban J connectivity index is 0.000000470. The van der Waals surface area contributed by atoms with Crippen LogP contribution in [0.1, 0.15) is 65.5 Å². The lowest BCUT2D eigenvalue weighted by atomic mass is 9.79. The van der Waals surface area contributed by atoms with Crippen molar-refractivity contribution in [1.82, 2.24) is 0 Å². The van der Waals surface area contributed by atoms with Crippen molar-refractivity contribution >= 4 is 19.2 Å². The number of Topliss-reactive ketones (excluding diaryl/α,β-unsaturated/α-hetero) is 2. The molecular weight excluding hydrogens is 617 g/mol. The van der Waals surface area contributed by atoms with Crippen molar-refractivity contribution in [2.75, 3.05) is 27.4 Å². The van der Waals surface area contributed by atoms with Gasteiger partial charge < -0.3 is 18.5 Å². The smallest absolute Gasteiger partial charge is 0.407 e. The molecule has 0 aliphatic rings. The third-order valence-electron chi connectivity index (χ3n) is 6.52. The van der Waals surface area contributed by atoms with Crippen LogP contribution < -0.4 is 9.47 Å². The highest BCUT2D eigenvalue weighted by molar-refractivity contribution is 7.56. The fourth-order valence-electron chi connectivity index (χ4n) is 4.32. The molecule has 2 rings (SSSR count). The molecule has 0 aliphatic heterocycles. The van der Waals surface area contributed by atoms with Crippen LogP contribution >= 0.6 is 7.60 Å². The van der Waals surface area contributed by atoms with Gasteiger partial charge in [0.2, 0.25) is 5.78 Å². The first-order chi connectivity index (χ1) is 20.2. The Morgan fingerprint density at radius 3 is 1.50 bits per heavy atom. The molecule has 2 aromatic carbocycles. The number of benzene rings is 2. The number of alkyl halides is 4. The largest absolute Gasteiger partial charge is 0.496 e. The summed E-state index contributed by atoms with van der Waals surface area (Å²) in [6.45, 7) is 8.31. The Labute approximate surface area is 253 Å². The SMILES string of the molecule is CCOP(=O)(OCC)C(F)(F)C(=O)CC(C)(C)c1cc(F)ccc1OC.COc1ccc(F)cc1C(C)(C)CC(=O)C(F)F. The van der Waals surface area contributed by atoms with Crippen LogP contribution in [0.4, 0.5) is 26.3 Å². The highest BCUT2D eigenvalue weighted by atomic mass is 31.2. The lowest BCUT2D eigenvalue weighted by Crippen LogP contribution is -2.35. The molecule has 0 amide bonds. The van der Waals surface area contributed by atoms with Crippen molar-refractivity contribution in [3.63, 3.8) is 0 Å². The maximum atomic E-state index is 14.6. The second-order valence-corrected chi connectivity index (χ2v) is 12.9. The fourth-order valence-corrected chi connectivity index (χ4v) is 5.78. The Bertz CT molecular complexity index is 1320. The molecule has 14 heteroatoms. The summed E-state index contributed by atoms with van der Waals surface area (Å²) in [5, 5.41) is 0. The van der Waals surface area contributed by atoms with Gasteiger partial charge in [0.05, 0.1) is 27.4 Å². The van der Waals surface area contributed by atoms with Crippen LogP contribution in [0.25, 0.3) is 0 Å². The molecule has 0 aromatic heterocycles. The van der Waals surface area contributed by atoms with Crippen LogP contribution in [0.2, 0.25) is 0 Å². The van der Waals surface area contributed by atoms with Gasteiger partial charge >= 0.3 is 13.3 Å². The summed E-state index contributed by atoms with van der Waals surface area (Å²) in [4.78, 5) is 23.4. The zero-order chi connectivity index (χ0) is 34.1. The van der Waals surface area contributed by atoms with Crippen LogP contribution in [0.15, 0.2) is 36.4 Å². The Morgan fingerprint density at radius 1 is 0.773 bits per heavy atom. The minimum atomic E-state index is -4.97. The molecule has 0 N–H and O–H groups in total. The van der Waals surface area contributed by atoms with Crippen LogP contribution in [-0.4, -0.2) is 51.1 Å². The molecule has 44 heavy (non-hydrogen) atoms. The Hall–Kier alpha value is -2.89. The van der Waals surface area contributed by atoms with Gasteiger partial charge in [-0.3, -0.25) is 14.2 Å². The van der Waals surface area contributed by atoms with Crippen LogP contribution in [0, 0.1) is 11.6 Å². The number of hydrogen-bond donors (Lipinski definition) is 0. The standard InChI is InChI=1S/C17H24F3O5P.C13H15F3O2/c1-6-24-26(22,25-7-2)17(19,20)15(21)11-16(3,4)13-10-12(18)8-9-14(13)23-5;1-13(2,7-10(17)12(15)16)9-6-8(14)4-5-11(9)18-3/h8-10H,6-7,11H2,1-5H3;4-6,12H,7H2,1-3H3. The first-order valence-electron chi connectivity index (χ1n) is 13.5. The normalized spacial score (nSPS) is 12.4. The second kappa shape index (κ2) is 15.9. The summed E-state index contributed by atoms with van der Waals surface area (Å²) in [6, 6.07) is 7.46. The number of hydrogen-bond acceptors (Lipinski definition) is 7. The molecule has 0 aliphatic carbocycles. The molecule has 0 spiro atoms. The molecule has 0 atom stereocenters. The average Bonchev–Trinajstić information content (AvgIpc) is 2.93. The third kappa shape index (κ3) is 9.81. The number of halogens is 6. The number of ketones is 2. The van der Waals surface area contributed by atoms with Gasteiger partial charge in [-0.15, -0.1) is 0 Å². The summed E-state index contributed by atoms with van der Waals surface area (Å²) < 4.78 is 112. The van der Waals surface area contributed by atoms with E-state index in [4.69, 9.17) is 9.47 Å². The topological polar surface area (TPSA) is 88.1 Å². The van der Waals surface area contributed by atoms with Crippen molar-refractivity contribution in [3.05, 3.63) is 59.2 Å². The van der Waals surface area contributed by atoms with Crippen molar-refractivity contribution in [3.8, 4) is 11.5 Å². The van der Waals surface area contributed by atoms with E-state index >= 15 is 0 Å². The van der Waals surface area contributed by atoms with Gasteiger partial charge in [-0.05, 0) is 50.2 Å². The summed E-state index contributed by atoms with van der Waals surface area (Å²) in [7, 11) is -2.22.